The number of fused-ring (bicyclic) bond motifs is 2. The van der Waals surface area contributed by atoms with Crippen LogP contribution in [0.2, 0.25) is 5.02 Å². The van der Waals surface area contributed by atoms with Gasteiger partial charge in [-0.3, -0.25) is 14.5 Å². The van der Waals surface area contributed by atoms with Crippen LogP contribution >= 0.6 is 35.6 Å². The number of nitrogens with one attached hydrogen (secondary N) is 1. The first-order chi connectivity index (χ1) is 23.2. The average molecular weight is 725 g/mol. The highest BCUT2D eigenvalue weighted by Crippen LogP contribution is 2.49. The number of hydrogen-bond donors (Lipinski definition) is 2. The Kier molecular flexibility index (Phi) is 11.5. The molecule has 3 N–H and O–H groups in total. The molecule has 2 heterocycles. The monoisotopic (exact) mass is 724 g/mol. The topological polar surface area (TPSA) is 133 Å². The first kappa shape index (κ1) is 36.5. The number of thioether (sulfide) groups is 1. The number of hydrogen-bond acceptors (Lipinski definition) is 8. The molecule has 2 saturated carbocycles. The molecule has 2 aromatic rings. The van der Waals surface area contributed by atoms with E-state index in [9.17, 15) is 19.2 Å². The number of aromatic nitrogens is 1. The second-order valence-electron chi connectivity index (χ2n) is 13.6. The van der Waals surface area contributed by atoms with Crippen molar-refractivity contribution < 1.29 is 28.7 Å². The maximum Gasteiger partial charge on any atom is 0.408 e. The molecule has 13 heteroatoms. The Bertz CT molecular complexity index is 1740. The van der Waals surface area contributed by atoms with Crippen LogP contribution in [0, 0.1) is 23.7 Å². The van der Waals surface area contributed by atoms with Crippen molar-refractivity contribution in [1.82, 2.24) is 14.8 Å². The predicted molar refractivity (Wildman–Crippen MR) is 194 cm³/mol. The summed E-state index contributed by atoms with van der Waals surface area (Å²) < 4.78 is 13.1. The van der Waals surface area contributed by atoms with Gasteiger partial charge in [0.1, 0.15) is 16.0 Å². The van der Waals surface area contributed by atoms with Gasteiger partial charge in [-0.25, -0.2) is 9.59 Å². The minimum Gasteiger partial charge on any atom is -0.464 e. The van der Waals surface area contributed by atoms with Gasteiger partial charge in [0.25, 0.3) is 5.91 Å². The number of nitrogens with zero attached hydrogens (tertiary/aromatic N) is 2. The number of nitrogens with two attached hydrogens (primary N) is 1. The van der Waals surface area contributed by atoms with Crippen LogP contribution in [0.15, 0.2) is 35.2 Å². The Balaban J connectivity index is 1.27. The van der Waals surface area contributed by atoms with Crippen molar-refractivity contribution in [2.24, 2.45) is 24.6 Å². The minimum absolute atomic E-state index is 0.0211. The summed E-state index contributed by atoms with van der Waals surface area (Å²) in [5.41, 5.74) is 7.84. The fourth-order valence-corrected chi connectivity index (χ4v) is 8.16. The van der Waals surface area contributed by atoms with E-state index in [0.717, 1.165) is 28.9 Å². The molecule has 2 aliphatic carbocycles. The quantitative estimate of drug-likeness (QED) is 0.0977. The van der Waals surface area contributed by atoms with E-state index in [-0.39, 0.29) is 18.6 Å². The van der Waals surface area contributed by atoms with Crippen molar-refractivity contribution in [3.63, 3.8) is 0 Å². The van der Waals surface area contributed by atoms with Gasteiger partial charge < -0.3 is 25.1 Å². The molecule has 4 atom stereocenters. The van der Waals surface area contributed by atoms with Gasteiger partial charge in [-0.05, 0) is 88.1 Å². The van der Waals surface area contributed by atoms with E-state index in [2.05, 4.69) is 17.2 Å². The Morgan fingerprint density at radius 1 is 1.20 bits per heavy atom. The lowest BCUT2D eigenvalue weighted by atomic mass is 9.94. The van der Waals surface area contributed by atoms with Crippen molar-refractivity contribution in [3.05, 3.63) is 51.5 Å². The molecule has 260 valence electrons. The summed E-state index contributed by atoms with van der Waals surface area (Å²) in [5, 5.41) is 2.97. The van der Waals surface area contributed by atoms with E-state index < -0.39 is 36.0 Å². The van der Waals surface area contributed by atoms with Gasteiger partial charge in [0, 0.05) is 30.2 Å². The number of amides is 3. The molecule has 0 radical (unpaired) electrons. The second kappa shape index (κ2) is 15.4. The van der Waals surface area contributed by atoms with E-state index in [1.165, 1.54) is 31.0 Å². The number of esters is 1. The SMILES string of the molecule is Cn1c(C=C2SC(=S)N(C3CC4CCC3C4)C2=O)cc(C#CCCCOC(=O)[C@H](CC(N)=O)NC(=O)OC(C)(C)C)c1-c1ccc(Cl)cc1. The molecule has 1 saturated heterocycles. The fraction of sp³-hybridized carbons (Fsp3) is 0.472. The molecule has 1 aliphatic heterocycles. The Hall–Kier alpha value is -3.79. The summed E-state index contributed by atoms with van der Waals surface area (Å²) >= 11 is 13.2. The third-order valence-electron chi connectivity index (χ3n) is 8.82. The zero-order valence-corrected chi connectivity index (χ0v) is 30.4. The van der Waals surface area contributed by atoms with Gasteiger partial charge >= 0.3 is 12.1 Å². The van der Waals surface area contributed by atoms with Crippen molar-refractivity contribution in [3.8, 4) is 23.1 Å². The lowest BCUT2D eigenvalue weighted by Gasteiger charge is -2.30. The van der Waals surface area contributed by atoms with Crippen molar-refractivity contribution >= 4 is 69.9 Å². The highest BCUT2D eigenvalue weighted by Gasteiger charge is 2.48. The first-order valence-electron chi connectivity index (χ1n) is 16.4. The van der Waals surface area contributed by atoms with E-state index in [0.29, 0.717) is 38.9 Å². The fourth-order valence-electron chi connectivity index (χ4n) is 6.68. The number of ether oxygens (including phenoxy) is 2. The molecular weight excluding hydrogens is 684 g/mol. The summed E-state index contributed by atoms with van der Waals surface area (Å²) in [7, 11) is 1.94. The zero-order valence-electron chi connectivity index (χ0n) is 28.0. The molecular formula is C36H41ClN4O6S2. The number of rotatable bonds is 10. The highest BCUT2D eigenvalue weighted by atomic mass is 35.5. The van der Waals surface area contributed by atoms with Crippen molar-refractivity contribution in [1.29, 1.82) is 0 Å². The van der Waals surface area contributed by atoms with Crippen LogP contribution in [0.25, 0.3) is 17.3 Å². The van der Waals surface area contributed by atoms with Gasteiger partial charge in [-0.15, -0.1) is 0 Å². The van der Waals surface area contributed by atoms with Crippen molar-refractivity contribution in [2.45, 2.75) is 83.4 Å². The summed E-state index contributed by atoms with van der Waals surface area (Å²) in [6, 6.07) is 8.38. The lowest BCUT2D eigenvalue weighted by Crippen LogP contribution is -2.46. The smallest absolute Gasteiger partial charge is 0.408 e. The molecule has 2 bridgehead atoms. The third kappa shape index (κ3) is 9.07. The van der Waals surface area contributed by atoms with Gasteiger partial charge in [-0.1, -0.05) is 66.0 Å². The van der Waals surface area contributed by atoms with Crippen LogP contribution in [0.1, 0.15) is 77.0 Å². The predicted octanol–water partition coefficient (Wildman–Crippen LogP) is 6.18. The molecule has 3 aliphatic rings. The van der Waals surface area contributed by atoms with Gasteiger partial charge in [0.05, 0.1) is 29.2 Å². The maximum absolute atomic E-state index is 13.6. The standard InChI is InChI=1S/C36H41ClN4O6S2/c1-36(2,3)47-34(45)39-27(20-30(38)42)33(44)46-15-7-5-6-8-24-18-26(40(4)31(24)22-11-13-25(37)14-12-22)19-29-32(43)41(35(48)49-29)28-17-21-9-10-23(28)16-21/h11-14,18-19,21,23,27-28H,5,7,9-10,15-17,20H2,1-4H3,(H2,38,42)(H,39,45)/t21?,23?,27-,28?/m0/s1. The van der Waals surface area contributed by atoms with Gasteiger partial charge in [0.2, 0.25) is 5.91 Å². The van der Waals surface area contributed by atoms with Crippen LogP contribution in [0.4, 0.5) is 4.79 Å². The molecule has 3 fully saturated rings. The van der Waals surface area contributed by atoms with E-state index in [1.54, 1.807) is 20.8 Å². The summed E-state index contributed by atoms with van der Waals surface area (Å²) in [5.74, 6) is 6.07. The summed E-state index contributed by atoms with van der Waals surface area (Å²) in [6.07, 6.45) is 6.07. The molecule has 3 amide bonds. The number of carbonyl (C=O) groups excluding carboxylic acids is 4. The van der Waals surface area contributed by atoms with Gasteiger partial charge in [0.15, 0.2) is 0 Å². The number of carbonyl (C=O) groups is 4. The summed E-state index contributed by atoms with van der Waals surface area (Å²) in [6.45, 7) is 5.06. The zero-order chi connectivity index (χ0) is 35.5. The Labute approximate surface area is 301 Å². The maximum atomic E-state index is 13.6. The van der Waals surface area contributed by atoms with Crippen LogP contribution in [-0.4, -0.2) is 62.0 Å². The number of halogens is 1. The van der Waals surface area contributed by atoms with E-state index in [1.807, 2.05) is 52.9 Å². The molecule has 49 heavy (non-hydrogen) atoms. The second-order valence-corrected chi connectivity index (χ2v) is 15.7. The molecule has 10 nitrogen and oxygen atoms in total. The van der Waals surface area contributed by atoms with Crippen LogP contribution in [0.5, 0.6) is 0 Å². The number of primary amides is 1. The van der Waals surface area contributed by atoms with Crippen molar-refractivity contribution in [2.75, 3.05) is 6.61 Å². The molecule has 3 unspecified atom stereocenters. The highest BCUT2D eigenvalue weighted by molar-refractivity contribution is 8.26. The number of unbranched alkanes of at least 4 members (excludes halogenated alkanes) is 1. The molecule has 1 aromatic heterocycles. The lowest BCUT2D eigenvalue weighted by molar-refractivity contribution is -0.147. The Morgan fingerprint density at radius 3 is 2.57 bits per heavy atom. The third-order valence-corrected chi connectivity index (χ3v) is 10.4. The minimum atomic E-state index is -1.27. The normalized spacial score (nSPS) is 21.4. The number of benzene rings is 1. The van der Waals surface area contributed by atoms with Crippen LogP contribution in [-0.2, 0) is 30.9 Å². The molecule has 1 aromatic carbocycles. The van der Waals surface area contributed by atoms with E-state index >= 15 is 0 Å². The number of alkyl carbamates (subject to hydrolysis) is 1. The largest absolute Gasteiger partial charge is 0.464 e. The van der Waals surface area contributed by atoms with Gasteiger partial charge in [-0.2, -0.15) is 0 Å². The average Bonchev–Trinajstić information content (AvgIpc) is 3.78. The van der Waals surface area contributed by atoms with E-state index in [4.69, 9.17) is 39.0 Å². The molecule has 5 rings (SSSR count). The van der Waals surface area contributed by atoms with Crippen LogP contribution < -0.4 is 11.1 Å². The molecule has 0 spiro atoms. The Morgan fingerprint density at radius 2 is 1.94 bits per heavy atom. The summed E-state index contributed by atoms with van der Waals surface area (Å²) in [4.78, 5) is 52.4. The first-order valence-corrected chi connectivity index (χ1v) is 18.0. The van der Waals surface area contributed by atoms with Crippen LogP contribution in [0.3, 0.4) is 0 Å². The number of thiocarbonyl (C=S) groups is 1.